The fourth-order valence-electron chi connectivity index (χ4n) is 2.03. The Morgan fingerprint density at radius 2 is 2.14 bits per heavy atom. The number of benzene rings is 1. The van der Waals surface area contributed by atoms with Crippen molar-refractivity contribution in [3.63, 3.8) is 0 Å². The maximum Gasteiger partial charge on any atom is 0.125 e. The van der Waals surface area contributed by atoms with Crippen molar-refractivity contribution in [3.8, 4) is 11.3 Å². The van der Waals surface area contributed by atoms with Gasteiger partial charge in [-0.05, 0) is 46.3 Å². The van der Waals surface area contributed by atoms with E-state index in [0.717, 1.165) is 21.3 Å². The van der Waals surface area contributed by atoms with E-state index in [1.165, 1.54) is 12.1 Å². The van der Waals surface area contributed by atoms with Crippen molar-refractivity contribution < 1.29 is 4.39 Å². The molecule has 0 bridgehead atoms. The van der Waals surface area contributed by atoms with Crippen molar-refractivity contribution in [1.29, 1.82) is 0 Å². The van der Waals surface area contributed by atoms with Crippen LogP contribution in [0, 0.1) is 5.82 Å². The fourth-order valence-corrected chi connectivity index (χ4v) is 2.42. The van der Waals surface area contributed by atoms with Gasteiger partial charge in [0.25, 0.3) is 0 Å². The van der Waals surface area contributed by atoms with Crippen molar-refractivity contribution >= 4 is 21.6 Å². The quantitative estimate of drug-likeness (QED) is 0.751. The fraction of sp³-hybridized carbons (Fsp3) is 0.0667. The van der Waals surface area contributed by atoms with Gasteiger partial charge < -0.3 is 5.32 Å². The van der Waals surface area contributed by atoms with Crippen molar-refractivity contribution in [3.05, 3.63) is 64.8 Å². The van der Waals surface area contributed by atoms with E-state index in [2.05, 4.69) is 36.4 Å². The molecule has 0 aliphatic heterocycles. The maximum atomic E-state index is 13.3. The lowest BCUT2D eigenvalue weighted by atomic mass is 10.1. The summed E-state index contributed by atoms with van der Waals surface area (Å²) in [5.74, 6) is -0.277. The number of halogens is 2. The third-order valence-electron chi connectivity index (χ3n) is 3.07. The zero-order chi connectivity index (χ0) is 14.7. The predicted octanol–water partition coefficient (Wildman–Crippen LogP) is 3.99. The molecule has 6 heteroatoms. The van der Waals surface area contributed by atoms with Crippen LogP contribution in [-0.2, 0) is 6.54 Å². The monoisotopic (exact) mass is 346 g/mol. The summed E-state index contributed by atoms with van der Waals surface area (Å²) in [5.41, 5.74) is 3.56. The van der Waals surface area contributed by atoms with E-state index in [1.54, 1.807) is 24.7 Å². The molecule has 3 rings (SSSR count). The van der Waals surface area contributed by atoms with E-state index in [-0.39, 0.29) is 5.82 Å². The molecule has 0 aliphatic carbocycles. The van der Waals surface area contributed by atoms with E-state index in [0.29, 0.717) is 12.2 Å². The smallest absolute Gasteiger partial charge is 0.125 e. The second kappa shape index (κ2) is 6.05. The number of rotatable bonds is 4. The van der Waals surface area contributed by atoms with Crippen LogP contribution in [0.5, 0.6) is 0 Å². The van der Waals surface area contributed by atoms with Gasteiger partial charge in [0.15, 0.2) is 0 Å². The summed E-state index contributed by atoms with van der Waals surface area (Å²) in [6.45, 7) is 0.531. The average Bonchev–Trinajstić information content (AvgIpc) is 2.97. The summed E-state index contributed by atoms with van der Waals surface area (Å²) in [6.07, 6.45) is 5.25. The van der Waals surface area contributed by atoms with E-state index >= 15 is 0 Å². The minimum Gasteiger partial charge on any atom is -0.380 e. The summed E-state index contributed by atoms with van der Waals surface area (Å²) in [7, 11) is 0. The van der Waals surface area contributed by atoms with Crippen LogP contribution >= 0.6 is 15.9 Å². The van der Waals surface area contributed by atoms with Crippen LogP contribution in [-0.4, -0.2) is 15.2 Å². The highest BCUT2D eigenvalue weighted by atomic mass is 79.9. The first-order chi connectivity index (χ1) is 10.2. The van der Waals surface area contributed by atoms with Gasteiger partial charge in [-0.2, -0.15) is 5.10 Å². The highest BCUT2D eigenvalue weighted by molar-refractivity contribution is 9.10. The lowest BCUT2D eigenvalue weighted by molar-refractivity contribution is 0.628. The second-order valence-electron chi connectivity index (χ2n) is 4.49. The summed E-state index contributed by atoms with van der Waals surface area (Å²) in [4.78, 5) is 4.10. The number of aromatic amines is 1. The van der Waals surface area contributed by atoms with Crippen LogP contribution in [0.2, 0.25) is 0 Å². The Balaban J connectivity index is 1.81. The molecule has 3 aromatic rings. The Hall–Kier alpha value is -2.21. The molecular weight excluding hydrogens is 335 g/mol. The van der Waals surface area contributed by atoms with E-state index < -0.39 is 0 Å². The summed E-state index contributed by atoms with van der Waals surface area (Å²) >= 11 is 3.40. The molecule has 0 radical (unpaired) electrons. The van der Waals surface area contributed by atoms with Crippen LogP contribution in [0.3, 0.4) is 0 Å². The Kier molecular flexibility index (Phi) is 3.96. The lowest BCUT2D eigenvalue weighted by Gasteiger charge is -2.09. The Bertz CT molecular complexity index is 742. The molecule has 2 N–H and O–H groups in total. The highest BCUT2D eigenvalue weighted by Gasteiger charge is 2.08. The van der Waals surface area contributed by atoms with Gasteiger partial charge in [0.05, 0.1) is 17.6 Å². The number of nitrogens with one attached hydrogen (secondary N) is 2. The lowest BCUT2D eigenvalue weighted by Crippen LogP contribution is -2.01. The van der Waals surface area contributed by atoms with Crippen molar-refractivity contribution in [2.24, 2.45) is 0 Å². The average molecular weight is 347 g/mol. The van der Waals surface area contributed by atoms with Crippen molar-refractivity contribution in [1.82, 2.24) is 15.2 Å². The molecule has 0 saturated heterocycles. The largest absolute Gasteiger partial charge is 0.380 e. The molecule has 0 fully saturated rings. The molecule has 0 atom stereocenters. The zero-order valence-electron chi connectivity index (χ0n) is 11.0. The molecular formula is C15H12BrFN4. The molecule has 2 aromatic heterocycles. The highest BCUT2D eigenvalue weighted by Crippen LogP contribution is 2.25. The Morgan fingerprint density at radius 3 is 2.95 bits per heavy atom. The van der Waals surface area contributed by atoms with Crippen LogP contribution in [0.1, 0.15) is 5.56 Å². The minimum absolute atomic E-state index is 0.277. The molecule has 1 aromatic carbocycles. The molecule has 0 amide bonds. The van der Waals surface area contributed by atoms with E-state index in [1.807, 2.05) is 12.1 Å². The Labute approximate surface area is 129 Å². The topological polar surface area (TPSA) is 53.6 Å². The number of H-pyrrole nitrogens is 1. The van der Waals surface area contributed by atoms with Crippen LogP contribution < -0.4 is 5.32 Å². The van der Waals surface area contributed by atoms with Gasteiger partial charge in [-0.3, -0.25) is 10.1 Å². The molecule has 106 valence electrons. The number of pyridine rings is 1. The molecule has 4 nitrogen and oxygen atoms in total. The molecule has 2 heterocycles. The van der Waals surface area contributed by atoms with Gasteiger partial charge in [-0.1, -0.05) is 0 Å². The molecule has 0 saturated carbocycles. The SMILES string of the molecule is Fc1ccc(Br)c(NCc2cn[nH]c2-c2cccnc2)c1. The second-order valence-corrected chi connectivity index (χ2v) is 5.34. The van der Waals surface area contributed by atoms with E-state index in [9.17, 15) is 4.39 Å². The first kappa shape index (κ1) is 13.8. The minimum atomic E-state index is -0.277. The molecule has 21 heavy (non-hydrogen) atoms. The van der Waals surface area contributed by atoms with Crippen molar-refractivity contribution in [2.75, 3.05) is 5.32 Å². The Morgan fingerprint density at radius 1 is 1.24 bits per heavy atom. The normalized spacial score (nSPS) is 10.6. The maximum absolute atomic E-state index is 13.3. The molecule has 0 spiro atoms. The number of anilines is 1. The number of hydrogen-bond donors (Lipinski definition) is 2. The summed E-state index contributed by atoms with van der Waals surface area (Å²) in [5, 5.41) is 10.2. The number of aromatic nitrogens is 3. The first-order valence-electron chi connectivity index (χ1n) is 6.35. The van der Waals surface area contributed by atoms with Gasteiger partial charge in [-0.15, -0.1) is 0 Å². The summed E-state index contributed by atoms with van der Waals surface area (Å²) in [6, 6.07) is 8.37. The number of hydrogen-bond acceptors (Lipinski definition) is 3. The first-order valence-corrected chi connectivity index (χ1v) is 7.15. The number of nitrogens with zero attached hydrogens (tertiary/aromatic N) is 2. The third-order valence-corrected chi connectivity index (χ3v) is 3.76. The van der Waals surface area contributed by atoms with Gasteiger partial charge in [0.1, 0.15) is 5.82 Å². The molecule has 0 unspecified atom stereocenters. The zero-order valence-corrected chi connectivity index (χ0v) is 12.6. The molecule has 0 aliphatic rings. The van der Waals surface area contributed by atoms with Crippen LogP contribution in [0.15, 0.2) is 53.4 Å². The van der Waals surface area contributed by atoms with E-state index in [4.69, 9.17) is 0 Å². The van der Waals surface area contributed by atoms with Gasteiger partial charge in [-0.25, -0.2) is 4.39 Å². The van der Waals surface area contributed by atoms with Gasteiger partial charge in [0.2, 0.25) is 0 Å². The third kappa shape index (κ3) is 3.11. The summed E-state index contributed by atoms with van der Waals surface area (Å²) < 4.78 is 14.1. The van der Waals surface area contributed by atoms with Gasteiger partial charge in [0, 0.05) is 34.5 Å². The van der Waals surface area contributed by atoms with Gasteiger partial charge >= 0.3 is 0 Å². The van der Waals surface area contributed by atoms with Crippen molar-refractivity contribution in [2.45, 2.75) is 6.54 Å². The van der Waals surface area contributed by atoms with Crippen LogP contribution in [0.25, 0.3) is 11.3 Å². The standard InChI is InChI=1S/C15H12BrFN4/c16-13-4-3-12(17)6-14(13)19-8-11-9-20-21-15(11)10-2-1-5-18-7-10/h1-7,9,19H,8H2,(H,20,21). The predicted molar refractivity (Wildman–Crippen MR) is 83.2 cm³/mol. The van der Waals surface area contributed by atoms with Crippen LogP contribution in [0.4, 0.5) is 10.1 Å².